The molecule has 1 rings (SSSR count). The molecular formula is C13H16O3. The Morgan fingerprint density at radius 3 is 2.62 bits per heavy atom. The van der Waals surface area contributed by atoms with E-state index in [4.69, 9.17) is 9.47 Å². The van der Waals surface area contributed by atoms with Crippen LogP contribution < -0.4 is 0 Å². The Morgan fingerprint density at radius 1 is 1.31 bits per heavy atom. The second-order valence-corrected chi connectivity index (χ2v) is 3.44. The van der Waals surface area contributed by atoms with Crippen LogP contribution in [0.4, 0.5) is 0 Å². The van der Waals surface area contributed by atoms with E-state index in [1.54, 1.807) is 21.1 Å². The SMILES string of the molecule is COC1=C(OC)CC=C(/C=C(\C)C=O)C=C1. The lowest BCUT2D eigenvalue weighted by atomic mass is 10.1. The van der Waals surface area contributed by atoms with Crippen molar-refractivity contribution < 1.29 is 14.3 Å². The van der Waals surface area contributed by atoms with Crippen LogP contribution in [0.3, 0.4) is 0 Å². The van der Waals surface area contributed by atoms with Gasteiger partial charge in [0.1, 0.15) is 12.0 Å². The van der Waals surface area contributed by atoms with Crippen molar-refractivity contribution >= 4 is 6.29 Å². The average Bonchev–Trinajstić information content (AvgIpc) is 2.50. The van der Waals surface area contributed by atoms with Gasteiger partial charge in [-0.1, -0.05) is 12.2 Å². The van der Waals surface area contributed by atoms with Crippen molar-refractivity contribution in [2.75, 3.05) is 14.2 Å². The van der Waals surface area contributed by atoms with E-state index >= 15 is 0 Å². The zero-order chi connectivity index (χ0) is 12.0. The number of hydrogen-bond acceptors (Lipinski definition) is 3. The van der Waals surface area contributed by atoms with Crippen molar-refractivity contribution in [3.05, 3.63) is 47.0 Å². The van der Waals surface area contributed by atoms with Gasteiger partial charge in [0.25, 0.3) is 0 Å². The van der Waals surface area contributed by atoms with Gasteiger partial charge in [0, 0.05) is 6.42 Å². The highest BCUT2D eigenvalue weighted by molar-refractivity contribution is 5.73. The van der Waals surface area contributed by atoms with Gasteiger partial charge in [-0.15, -0.1) is 0 Å². The molecule has 1 aliphatic rings. The molecular weight excluding hydrogens is 204 g/mol. The van der Waals surface area contributed by atoms with Crippen molar-refractivity contribution in [2.45, 2.75) is 13.3 Å². The molecule has 0 saturated carbocycles. The standard InChI is InChI=1S/C13H16O3/c1-10(9-14)8-11-4-6-12(15-2)13(16-3)7-5-11/h4-6,8-9H,7H2,1-3H3/b10-8+. The van der Waals surface area contributed by atoms with Gasteiger partial charge in [-0.25, -0.2) is 0 Å². The Bertz CT molecular complexity index is 384. The van der Waals surface area contributed by atoms with Crippen LogP contribution in [0, 0.1) is 0 Å². The quantitative estimate of drug-likeness (QED) is 0.539. The van der Waals surface area contributed by atoms with Crippen molar-refractivity contribution in [3.63, 3.8) is 0 Å². The van der Waals surface area contributed by atoms with Crippen molar-refractivity contribution in [1.82, 2.24) is 0 Å². The van der Waals surface area contributed by atoms with E-state index < -0.39 is 0 Å². The third kappa shape index (κ3) is 3.12. The van der Waals surface area contributed by atoms with Crippen LogP contribution in [0.25, 0.3) is 0 Å². The first-order chi connectivity index (χ1) is 7.71. The summed E-state index contributed by atoms with van der Waals surface area (Å²) in [6.07, 6.45) is 9.06. The number of methoxy groups -OCH3 is 2. The molecule has 1 aliphatic carbocycles. The summed E-state index contributed by atoms with van der Waals surface area (Å²) in [7, 11) is 3.23. The second-order valence-electron chi connectivity index (χ2n) is 3.44. The smallest absolute Gasteiger partial charge is 0.156 e. The summed E-state index contributed by atoms with van der Waals surface area (Å²) in [5, 5.41) is 0. The van der Waals surface area contributed by atoms with Crippen LogP contribution in [-0.4, -0.2) is 20.5 Å². The highest BCUT2D eigenvalue weighted by Crippen LogP contribution is 2.19. The first kappa shape index (κ1) is 12.3. The summed E-state index contributed by atoms with van der Waals surface area (Å²) in [6.45, 7) is 1.77. The third-order valence-corrected chi connectivity index (χ3v) is 2.27. The maximum Gasteiger partial charge on any atom is 0.156 e. The molecule has 0 radical (unpaired) electrons. The van der Waals surface area contributed by atoms with Gasteiger partial charge in [-0.05, 0) is 30.2 Å². The van der Waals surface area contributed by atoms with Gasteiger partial charge in [-0.2, -0.15) is 0 Å². The lowest BCUT2D eigenvalue weighted by Gasteiger charge is -2.06. The van der Waals surface area contributed by atoms with Crippen LogP contribution in [0.15, 0.2) is 47.0 Å². The van der Waals surface area contributed by atoms with E-state index in [2.05, 4.69) is 0 Å². The summed E-state index contributed by atoms with van der Waals surface area (Å²) in [6, 6.07) is 0. The van der Waals surface area contributed by atoms with Gasteiger partial charge in [-0.3, -0.25) is 4.79 Å². The summed E-state index contributed by atoms with van der Waals surface area (Å²) in [5.74, 6) is 1.50. The minimum Gasteiger partial charge on any atom is -0.497 e. The fourth-order valence-electron chi connectivity index (χ4n) is 1.41. The van der Waals surface area contributed by atoms with Crippen LogP contribution in [0.2, 0.25) is 0 Å². The van der Waals surface area contributed by atoms with Gasteiger partial charge in [0.15, 0.2) is 5.76 Å². The van der Waals surface area contributed by atoms with E-state index in [1.165, 1.54) is 0 Å². The number of carbonyl (C=O) groups is 1. The van der Waals surface area contributed by atoms with E-state index in [-0.39, 0.29) is 0 Å². The number of ether oxygens (including phenoxy) is 2. The molecule has 0 N–H and O–H groups in total. The molecule has 0 spiro atoms. The molecule has 0 atom stereocenters. The third-order valence-electron chi connectivity index (χ3n) is 2.27. The average molecular weight is 220 g/mol. The van der Waals surface area contributed by atoms with Crippen LogP contribution in [0.1, 0.15) is 13.3 Å². The van der Waals surface area contributed by atoms with Crippen LogP contribution >= 0.6 is 0 Å². The molecule has 0 unspecified atom stereocenters. The Balaban J connectivity index is 2.92. The Kier molecular flexibility index (Phi) is 4.58. The van der Waals surface area contributed by atoms with E-state index in [1.807, 2.05) is 24.3 Å². The van der Waals surface area contributed by atoms with E-state index in [9.17, 15) is 4.79 Å². The normalized spacial score (nSPS) is 16.7. The molecule has 86 valence electrons. The second kappa shape index (κ2) is 5.95. The predicted octanol–water partition coefficient (Wildman–Crippen LogP) is 2.52. The number of allylic oxidation sites excluding steroid dienone is 6. The van der Waals surface area contributed by atoms with Crippen molar-refractivity contribution in [3.8, 4) is 0 Å². The molecule has 0 saturated heterocycles. The Morgan fingerprint density at radius 2 is 2.06 bits per heavy atom. The fraction of sp³-hybridized carbons (Fsp3) is 0.308. The number of rotatable bonds is 4. The van der Waals surface area contributed by atoms with E-state index in [0.717, 1.165) is 17.6 Å². The van der Waals surface area contributed by atoms with Crippen molar-refractivity contribution in [1.29, 1.82) is 0 Å². The zero-order valence-corrected chi connectivity index (χ0v) is 9.82. The number of carbonyl (C=O) groups excluding carboxylic acids is 1. The highest BCUT2D eigenvalue weighted by Gasteiger charge is 2.07. The van der Waals surface area contributed by atoms with E-state index in [0.29, 0.717) is 17.8 Å². The first-order valence-electron chi connectivity index (χ1n) is 5.04. The summed E-state index contributed by atoms with van der Waals surface area (Å²) < 4.78 is 10.4. The molecule has 0 aromatic heterocycles. The first-order valence-corrected chi connectivity index (χ1v) is 5.04. The monoisotopic (exact) mass is 220 g/mol. The molecule has 0 aromatic rings. The molecule has 16 heavy (non-hydrogen) atoms. The van der Waals surface area contributed by atoms with Crippen LogP contribution in [0.5, 0.6) is 0 Å². The summed E-state index contributed by atoms with van der Waals surface area (Å²) >= 11 is 0. The fourth-order valence-corrected chi connectivity index (χ4v) is 1.41. The van der Waals surface area contributed by atoms with Gasteiger partial charge in [0.2, 0.25) is 0 Å². The molecule has 3 nitrogen and oxygen atoms in total. The minimum absolute atomic E-state index is 0.657. The van der Waals surface area contributed by atoms with Gasteiger partial charge in [0.05, 0.1) is 14.2 Å². The number of hydrogen-bond donors (Lipinski definition) is 0. The molecule has 0 bridgehead atoms. The predicted molar refractivity (Wildman–Crippen MR) is 62.7 cm³/mol. The minimum atomic E-state index is 0.657. The van der Waals surface area contributed by atoms with Gasteiger partial charge < -0.3 is 9.47 Å². The molecule has 0 fully saturated rings. The molecule has 0 aromatic carbocycles. The van der Waals surface area contributed by atoms with Gasteiger partial charge >= 0.3 is 0 Å². The Hall–Kier alpha value is -1.77. The van der Waals surface area contributed by atoms with Crippen molar-refractivity contribution in [2.24, 2.45) is 0 Å². The molecule has 0 amide bonds. The molecule has 0 heterocycles. The zero-order valence-electron chi connectivity index (χ0n) is 9.82. The largest absolute Gasteiger partial charge is 0.497 e. The molecule has 0 aliphatic heterocycles. The lowest BCUT2D eigenvalue weighted by molar-refractivity contribution is -0.104. The molecule has 3 heteroatoms. The highest BCUT2D eigenvalue weighted by atomic mass is 16.5. The number of aldehydes is 1. The lowest BCUT2D eigenvalue weighted by Crippen LogP contribution is -1.92. The van der Waals surface area contributed by atoms with Crippen LogP contribution in [-0.2, 0) is 14.3 Å². The summed E-state index contributed by atoms with van der Waals surface area (Å²) in [5.41, 5.74) is 1.67. The maximum absolute atomic E-state index is 10.5. The Labute approximate surface area is 95.7 Å². The topological polar surface area (TPSA) is 35.5 Å². The summed E-state index contributed by atoms with van der Waals surface area (Å²) in [4.78, 5) is 10.5. The maximum atomic E-state index is 10.5.